The van der Waals surface area contributed by atoms with Gasteiger partial charge in [-0.2, -0.15) is 0 Å². The molecule has 0 amide bonds. The van der Waals surface area contributed by atoms with Gasteiger partial charge in [0, 0.05) is 72.2 Å². The third-order valence-electron chi connectivity index (χ3n) is 24.9. The molecular formula is C116H119BN4. The van der Waals surface area contributed by atoms with E-state index in [-0.39, 0.29) is 71.5 Å². The van der Waals surface area contributed by atoms with Crippen LogP contribution < -0.4 is 26.2 Å². The molecule has 121 heavy (non-hydrogen) atoms. The van der Waals surface area contributed by atoms with Crippen LogP contribution in [0.2, 0.25) is 0 Å². The summed E-state index contributed by atoms with van der Waals surface area (Å²) in [6.07, 6.45) is 0. The van der Waals surface area contributed by atoms with Crippen molar-refractivity contribution in [1.82, 2.24) is 9.13 Å². The molecule has 0 radical (unpaired) electrons. The van der Waals surface area contributed by atoms with Gasteiger partial charge in [0.05, 0.1) is 67.9 Å². The maximum atomic E-state index is 10.6. The Hall–Kier alpha value is -11.7. The van der Waals surface area contributed by atoms with Gasteiger partial charge in [0.15, 0.2) is 0 Å². The Balaban J connectivity index is 1.19. The van der Waals surface area contributed by atoms with Crippen LogP contribution in [0, 0.1) is 0 Å². The van der Waals surface area contributed by atoms with Gasteiger partial charge in [0.25, 0.3) is 6.71 Å². The van der Waals surface area contributed by atoms with Gasteiger partial charge in [-0.05, 0) is 216 Å². The summed E-state index contributed by atoms with van der Waals surface area (Å²) in [4.78, 5) is 4.44. The van der Waals surface area contributed by atoms with E-state index in [1.807, 2.05) is 54.6 Å². The van der Waals surface area contributed by atoms with Crippen molar-refractivity contribution in [1.29, 1.82) is 0 Å². The van der Waals surface area contributed by atoms with Gasteiger partial charge >= 0.3 is 0 Å². The van der Waals surface area contributed by atoms with Gasteiger partial charge in [-0.15, -0.1) is 0 Å². The van der Waals surface area contributed by atoms with E-state index in [1.54, 1.807) is 10.6 Å². The monoisotopic (exact) mass is 1600 g/mol. The molecule has 5 heteroatoms. The highest BCUT2D eigenvalue weighted by atomic mass is 15.2. The summed E-state index contributed by atoms with van der Waals surface area (Å²) in [6, 6.07) is 42.4. The lowest BCUT2D eigenvalue weighted by Crippen LogP contribution is -2.61. The molecule has 606 valence electrons. The summed E-state index contributed by atoms with van der Waals surface area (Å²) in [5.41, 5.74) is 14.0. The quantitative estimate of drug-likeness (QED) is 0.134. The maximum Gasteiger partial charge on any atom is 0.252 e. The molecule has 0 aliphatic carbocycles. The Labute approximate surface area is 750 Å². The van der Waals surface area contributed by atoms with Crippen molar-refractivity contribution in [3.63, 3.8) is 0 Å². The van der Waals surface area contributed by atoms with E-state index in [0.29, 0.717) is 56.1 Å². The summed E-state index contributed by atoms with van der Waals surface area (Å²) in [7, 11) is 0. The van der Waals surface area contributed by atoms with E-state index < -0.39 is 172 Å². The van der Waals surface area contributed by atoms with Crippen molar-refractivity contribution in [3.05, 3.63) is 329 Å². The molecule has 0 saturated heterocycles. The first-order valence-electron chi connectivity index (χ1n) is 52.9. The summed E-state index contributed by atoms with van der Waals surface area (Å²) in [5.74, 6) is 0. The van der Waals surface area contributed by atoms with Crippen LogP contribution in [0.15, 0.2) is 285 Å². The van der Waals surface area contributed by atoms with Crippen LogP contribution in [0.1, 0.15) is 239 Å². The Kier molecular flexibility index (Phi) is 13.9. The molecule has 16 aromatic rings. The van der Waals surface area contributed by atoms with E-state index in [0.717, 1.165) is 83.5 Å². The molecule has 0 N–H and O–H groups in total. The highest BCUT2D eigenvalue weighted by Crippen LogP contribution is 2.58. The molecule has 0 spiro atoms. The fraction of sp³-hybridized carbons (Fsp3) is 0.276. The normalized spacial score (nSPS) is 16.0. The maximum absolute atomic E-state index is 10.6. The first kappa shape index (κ1) is 59.1. The molecule has 2 aliphatic heterocycles. The molecule has 2 aliphatic rings. The first-order valence-corrected chi connectivity index (χ1v) is 42.4. The largest absolute Gasteiger partial charge is 0.310 e. The Morgan fingerprint density at radius 3 is 1.07 bits per heavy atom. The third-order valence-corrected chi connectivity index (χ3v) is 24.9. The minimum absolute atomic E-state index is 0.111. The van der Waals surface area contributed by atoms with Gasteiger partial charge in [0.1, 0.15) is 0 Å². The number of aromatic nitrogens is 2. The molecule has 0 saturated carbocycles. The highest BCUT2D eigenvalue weighted by molar-refractivity contribution is 7.00. The van der Waals surface area contributed by atoms with Crippen molar-refractivity contribution in [3.8, 4) is 67.0 Å². The topological polar surface area (TPSA) is 16.3 Å². The second-order valence-corrected chi connectivity index (χ2v) is 41.6. The molecule has 0 unspecified atom stereocenters. The van der Waals surface area contributed by atoms with Crippen LogP contribution in [0.5, 0.6) is 0 Å². The molecule has 2 aromatic heterocycles. The predicted molar refractivity (Wildman–Crippen MR) is 526 cm³/mol. The lowest BCUT2D eigenvalue weighted by molar-refractivity contribution is 0.569. The average molecular weight is 1600 g/mol. The number of hydrogen-bond acceptors (Lipinski definition) is 2. The SMILES string of the molecule is [2H]c1c([2H])c([2H])c(-c2ccc3c(c2)N(c2c(-c4cc(C(C)(C)C)cc(C(C)(C)C)c4)cc(C(C)(C)C)cc2-c2ccccc2C(C)(C)C)c2cc(-n4c5c([2H])c([2H])c([2H])c([2H])c5c5c([2H])c([2H])c([2H])c([2H])c54)cc4c2B3c2ccc(-n3c5c([2H])c([2H])c([2H])c([2H])c5c5c([2H])c([2H])c([2H])c([2H])c53)cc2N4c2c(-c3ccc(C(C)(C)C)cc3)cc(C(C)(C)C)cc2-c2cc(C(C)(C)C)ccc2C(C)(C)C)c([2H])c1[2H]. The third kappa shape index (κ3) is 14.0. The molecule has 0 atom stereocenters. The summed E-state index contributed by atoms with van der Waals surface area (Å²) < 4.78 is 210. The van der Waals surface area contributed by atoms with Crippen LogP contribution in [-0.4, -0.2) is 15.8 Å². The van der Waals surface area contributed by atoms with Crippen LogP contribution in [-0.2, 0) is 43.3 Å². The van der Waals surface area contributed by atoms with Crippen LogP contribution in [0.3, 0.4) is 0 Å². The number of benzene rings is 14. The number of rotatable bonds is 9. The molecule has 4 heterocycles. The van der Waals surface area contributed by atoms with E-state index in [9.17, 15) is 27.4 Å². The zero-order chi connectivity index (χ0) is 104. The number of hydrogen-bond donors (Lipinski definition) is 0. The smallest absolute Gasteiger partial charge is 0.252 e. The van der Waals surface area contributed by atoms with Gasteiger partial charge in [-0.1, -0.05) is 372 Å². The minimum atomic E-state index is -1.05. The van der Waals surface area contributed by atoms with Crippen molar-refractivity contribution >= 4 is 101 Å². The van der Waals surface area contributed by atoms with Crippen molar-refractivity contribution in [2.75, 3.05) is 9.80 Å². The lowest BCUT2D eigenvalue weighted by atomic mass is 9.33. The molecule has 14 aromatic carbocycles. The standard InChI is InChI=1S/C116H119BN4/c1-109(2,3)76-53-50-73(51-54-76)89-65-80(113(13,14)15)68-93(91-64-77(110(4,5)6)55-57-95(91)116(22,23)24)107(89)121-103-69-82(118-98-46-34-29-41-85(98)86-42-30-35-47-99(86)118)56-59-97(103)117-96-58-52-74(72-38-26-25-27-39-72)62-102(96)120(104-70-83(71-105(121)106(104)117)119-100-48-36-31-43-87(100)88-44-32-37-49-101(88)119)108-90(75-60-78(111(7,8)9)63-79(61-75)112(10,11)12)66-81(114(16,17)18)67-92(108)84-40-28-33-45-94(84)115(19,20)21/h25-71H,1-24H3/i25D,26D,27D,29D,30D,31D,32D,34D,35D,36D,37D,38D,39D,41D,42D,43D,44D,46D,47D,48D,49D. The van der Waals surface area contributed by atoms with Crippen molar-refractivity contribution in [2.24, 2.45) is 0 Å². The average Bonchev–Trinajstić information content (AvgIpc) is 1.09. The predicted octanol–water partition coefficient (Wildman–Crippen LogP) is 30.7. The number of fused-ring (bicyclic) bond motifs is 10. The molecule has 4 nitrogen and oxygen atoms in total. The van der Waals surface area contributed by atoms with Crippen molar-refractivity contribution in [2.45, 2.75) is 209 Å². The van der Waals surface area contributed by atoms with E-state index in [2.05, 4.69) is 273 Å². The molecule has 0 bridgehead atoms. The Morgan fingerprint density at radius 1 is 0.240 bits per heavy atom. The fourth-order valence-corrected chi connectivity index (χ4v) is 18.1. The number of nitrogens with zero attached hydrogens (tertiary/aromatic N) is 4. The van der Waals surface area contributed by atoms with E-state index in [1.165, 1.54) is 4.57 Å². The van der Waals surface area contributed by atoms with Crippen LogP contribution >= 0.6 is 0 Å². The van der Waals surface area contributed by atoms with Gasteiger partial charge < -0.3 is 18.9 Å². The van der Waals surface area contributed by atoms with Crippen molar-refractivity contribution < 1.29 is 28.8 Å². The zero-order valence-corrected chi connectivity index (χ0v) is 74.4. The second-order valence-electron chi connectivity index (χ2n) is 41.6. The lowest BCUT2D eigenvalue weighted by Gasteiger charge is -2.46. The highest BCUT2D eigenvalue weighted by Gasteiger charge is 2.47. The fourth-order valence-electron chi connectivity index (χ4n) is 18.1. The first-order chi connectivity index (χ1) is 65.8. The summed E-state index contributed by atoms with van der Waals surface area (Å²) in [5, 5.41) is -0.704. The molecule has 18 rings (SSSR count). The molecule has 0 fully saturated rings. The molecular weight excluding hydrogens is 1460 g/mol. The van der Waals surface area contributed by atoms with Gasteiger partial charge in [-0.25, -0.2) is 0 Å². The minimum Gasteiger partial charge on any atom is -0.310 e. The van der Waals surface area contributed by atoms with Crippen LogP contribution in [0.4, 0.5) is 34.1 Å². The van der Waals surface area contributed by atoms with E-state index in [4.69, 9.17) is 1.37 Å². The van der Waals surface area contributed by atoms with E-state index >= 15 is 0 Å². The van der Waals surface area contributed by atoms with Gasteiger partial charge in [0.2, 0.25) is 0 Å². The van der Waals surface area contributed by atoms with Gasteiger partial charge in [-0.3, -0.25) is 0 Å². The summed E-state index contributed by atoms with van der Waals surface area (Å²) in [6.45, 7) is 51.4. The Bertz CT molecular complexity index is 7970. The number of anilines is 6. The summed E-state index contributed by atoms with van der Waals surface area (Å²) >= 11 is 0. The van der Waals surface area contributed by atoms with Crippen LogP contribution in [0.25, 0.3) is 111 Å². The zero-order valence-electron chi connectivity index (χ0n) is 95.4. The Morgan fingerprint density at radius 2 is 0.603 bits per heavy atom. The second kappa shape index (κ2) is 28.5. The number of para-hydroxylation sites is 4.